The molecule has 0 atom stereocenters. The predicted molar refractivity (Wildman–Crippen MR) is 77.2 cm³/mol. The van der Waals surface area contributed by atoms with Crippen LogP contribution in [0.25, 0.3) is 11.6 Å². The summed E-state index contributed by atoms with van der Waals surface area (Å²) in [5.41, 5.74) is 1.30. The number of ether oxygens (including phenoxy) is 2. The van der Waals surface area contributed by atoms with Gasteiger partial charge in [-0.15, -0.1) is 0 Å². The van der Waals surface area contributed by atoms with Crippen LogP contribution < -0.4 is 9.47 Å². The van der Waals surface area contributed by atoms with E-state index >= 15 is 0 Å². The molecule has 1 aliphatic rings. The Hall–Kier alpha value is -2.82. The van der Waals surface area contributed by atoms with Crippen molar-refractivity contribution in [2.24, 2.45) is 0 Å². The van der Waals surface area contributed by atoms with Gasteiger partial charge in [0.25, 0.3) is 0 Å². The lowest BCUT2D eigenvalue weighted by atomic mass is 10.0. The minimum Gasteiger partial charge on any atom is -0.486 e. The summed E-state index contributed by atoms with van der Waals surface area (Å²) in [7, 11) is 0. The molecule has 0 unspecified atom stereocenters. The third kappa shape index (κ3) is 2.86. The summed E-state index contributed by atoms with van der Waals surface area (Å²) in [6.07, 6.45) is 3.16. The van der Waals surface area contributed by atoms with Crippen molar-refractivity contribution in [3.8, 4) is 11.5 Å². The number of pyridine rings is 1. The normalized spacial score (nSPS) is 13.8. The van der Waals surface area contributed by atoms with Gasteiger partial charge in [-0.3, -0.25) is 4.98 Å². The van der Waals surface area contributed by atoms with Gasteiger partial charge in [-0.2, -0.15) is 0 Å². The Morgan fingerprint density at radius 2 is 1.95 bits per heavy atom. The van der Waals surface area contributed by atoms with Crippen LogP contribution in [0.5, 0.6) is 11.5 Å². The van der Waals surface area contributed by atoms with Gasteiger partial charge in [0.15, 0.2) is 11.5 Å². The van der Waals surface area contributed by atoms with Gasteiger partial charge >= 0.3 is 5.97 Å². The fourth-order valence-corrected chi connectivity index (χ4v) is 2.09. The van der Waals surface area contributed by atoms with Crippen LogP contribution in [0.1, 0.15) is 11.3 Å². The third-order valence-corrected chi connectivity index (χ3v) is 3.06. The minimum absolute atomic E-state index is 0.158. The molecule has 0 saturated heterocycles. The maximum Gasteiger partial charge on any atom is 0.336 e. The lowest BCUT2D eigenvalue weighted by Crippen LogP contribution is -2.15. The first-order chi connectivity index (χ1) is 10.2. The highest BCUT2D eigenvalue weighted by Crippen LogP contribution is 2.33. The summed E-state index contributed by atoms with van der Waals surface area (Å²) in [5, 5.41) is 9.42. The first kappa shape index (κ1) is 13.2. The molecule has 1 aromatic carbocycles. The van der Waals surface area contributed by atoms with Crippen LogP contribution in [-0.4, -0.2) is 29.3 Å². The third-order valence-electron chi connectivity index (χ3n) is 3.06. The molecule has 1 aromatic heterocycles. The van der Waals surface area contributed by atoms with Gasteiger partial charge in [-0.1, -0.05) is 12.1 Å². The summed E-state index contributed by atoms with van der Waals surface area (Å²) in [5.74, 6) is 0.178. The van der Waals surface area contributed by atoms with Gasteiger partial charge in [0.1, 0.15) is 13.2 Å². The quantitative estimate of drug-likeness (QED) is 0.876. The summed E-state index contributed by atoms with van der Waals surface area (Å²) in [6.45, 7) is 0.963. The predicted octanol–water partition coefficient (Wildman–Crippen LogP) is 2.48. The van der Waals surface area contributed by atoms with Crippen molar-refractivity contribution in [2.75, 3.05) is 13.2 Å². The number of benzene rings is 1. The molecule has 1 N–H and O–H groups in total. The largest absolute Gasteiger partial charge is 0.486 e. The zero-order chi connectivity index (χ0) is 14.7. The van der Waals surface area contributed by atoms with Gasteiger partial charge in [0, 0.05) is 6.20 Å². The Balaban J connectivity index is 2.02. The molecular formula is C16H13NO4. The Bertz CT molecular complexity index is 695. The average Bonchev–Trinajstić information content (AvgIpc) is 2.53. The van der Waals surface area contributed by atoms with Crippen molar-refractivity contribution in [3.05, 3.63) is 53.9 Å². The zero-order valence-corrected chi connectivity index (χ0v) is 11.2. The second-order valence-corrected chi connectivity index (χ2v) is 4.48. The first-order valence-corrected chi connectivity index (χ1v) is 6.50. The molecule has 2 heterocycles. The molecule has 0 fully saturated rings. The molecule has 2 aromatic rings. The second-order valence-electron chi connectivity index (χ2n) is 4.48. The number of nitrogens with zero attached hydrogens (tertiary/aromatic N) is 1. The van der Waals surface area contributed by atoms with Crippen molar-refractivity contribution in [1.29, 1.82) is 0 Å². The highest BCUT2D eigenvalue weighted by molar-refractivity contribution is 6.20. The van der Waals surface area contributed by atoms with Gasteiger partial charge in [-0.05, 0) is 35.9 Å². The SMILES string of the molecule is O=C(O)/C(=C\c1ccccn1)c1ccc2c(c1)OCCO2. The molecule has 106 valence electrons. The van der Waals surface area contributed by atoms with Crippen molar-refractivity contribution >= 4 is 17.6 Å². The molecule has 0 saturated carbocycles. The lowest BCUT2D eigenvalue weighted by Gasteiger charge is -2.19. The number of carboxylic acid groups (broad SMARTS) is 1. The van der Waals surface area contributed by atoms with Crippen molar-refractivity contribution in [3.63, 3.8) is 0 Å². The Morgan fingerprint density at radius 3 is 2.67 bits per heavy atom. The Labute approximate surface area is 121 Å². The summed E-state index contributed by atoms with van der Waals surface area (Å²) < 4.78 is 10.9. The topological polar surface area (TPSA) is 68.7 Å². The van der Waals surface area contributed by atoms with Crippen LogP contribution in [0.3, 0.4) is 0 Å². The molecule has 3 rings (SSSR count). The molecule has 5 heteroatoms. The van der Waals surface area contributed by atoms with Crippen LogP contribution >= 0.6 is 0 Å². The standard InChI is InChI=1S/C16H13NO4/c18-16(19)13(10-12-3-1-2-6-17-12)11-4-5-14-15(9-11)21-8-7-20-14/h1-6,9-10H,7-8H2,(H,18,19)/b13-10-. The molecule has 21 heavy (non-hydrogen) atoms. The molecule has 0 aliphatic carbocycles. The highest BCUT2D eigenvalue weighted by Gasteiger charge is 2.16. The van der Waals surface area contributed by atoms with Crippen LogP contribution in [0, 0.1) is 0 Å². The van der Waals surface area contributed by atoms with Crippen molar-refractivity contribution < 1.29 is 19.4 Å². The maximum absolute atomic E-state index is 11.5. The smallest absolute Gasteiger partial charge is 0.336 e. The van der Waals surface area contributed by atoms with Crippen molar-refractivity contribution in [1.82, 2.24) is 4.98 Å². The first-order valence-electron chi connectivity index (χ1n) is 6.50. The number of aromatic nitrogens is 1. The molecule has 1 aliphatic heterocycles. The number of hydrogen-bond acceptors (Lipinski definition) is 4. The number of hydrogen-bond donors (Lipinski definition) is 1. The zero-order valence-electron chi connectivity index (χ0n) is 11.2. The van der Waals surface area contributed by atoms with E-state index < -0.39 is 5.97 Å². The molecule has 0 radical (unpaired) electrons. The number of fused-ring (bicyclic) bond motifs is 1. The van der Waals surface area contributed by atoms with Gasteiger partial charge in [0.2, 0.25) is 0 Å². The average molecular weight is 283 g/mol. The summed E-state index contributed by atoms with van der Waals surface area (Å²) in [6, 6.07) is 10.4. The van der Waals surface area contributed by atoms with E-state index in [0.717, 1.165) is 0 Å². The fourth-order valence-electron chi connectivity index (χ4n) is 2.09. The van der Waals surface area contributed by atoms with Gasteiger partial charge in [0.05, 0.1) is 11.3 Å². The number of aliphatic carboxylic acids is 1. The van der Waals surface area contributed by atoms with Crippen LogP contribution in [0.15, 0.2) is 42.6 Å². The van der Waals surface area contributed by atoms with Crippen LogP contribution in [-0.2, 0) is 4.79 Å². The second kappa shape index (κ2) is 5.66. The fraction of sp³-hybridized carbons (Fsp3) is 0.125. The van der Waals surface area contributed by atoms with E-state index in [1.54, 1.807) is 36.5 Å². The summed E-state index contributed by atoms with van der Waals surface area (Å²) >= 11 is 0. The molecule has 0 bridgehead atoms. The van der Waals surface area contributed by atoms with Crippen LogP contribution in [0.4, 0.5) is 0 Å². The Kier molecular flexibility index (Phi) is 3.55. The van der Waals surface area contributed by atoms with E-state index in [1.165, 1.54) is 6.08 Å². The van der Waals surface area contributed by atoms with E-state index in [1.807, 2.05) is 6.07 Å². The van der Waals surface area contributed by atoms with E-state index in [0.29, 0.717) is 36.0 Å². The minimum atomic E-state index is -1.02. The van der Waals surface area contributed by atoms with E-state index in [2.05, 4.69) is 4.98 Å². The highest BCUT2D eigenvalue weighted by atomic mass is 16.6. The summed E-state index contributed by atoms with van der Waals surface area (Å²) in [4.78, 5) is 15.6. The molecule has 0 amide bonds. The van der Waals surface area contributed by atoms with E-state index in [9.17, 15) is 9.90 Å². The lowest BCUT2D eigenvalue weighted by molar-refractivity contribution is -0.130. The van der Waals surface area contributed by atoms with Crippen molar-refractivity contribution in [2.45, 2.75) is 0 Å². The van der Waals surface area contributed by atoms with Gasteiger partial charge < -0.3 is 14.6 Å². The Morgan fingerprint density at radius 1 is 1.14 bits per heavy atom. The van der Waals surface area contributed by atoms with E-state index in [-0.39, 0.29) is 5.57 Å². The maximum atomic E-state index is 11.5. The number of carboxylic acids is 1. The molecular weight excluding hydrogens is 270 g/mol. The molecule has 0 spiro atoms. The van der Waals surface area contributed by atoms with Gasteiger partial charge in [-0.25, -0.2) is 4.79 Å². The molecule has 5 nitrogen and oxygen atoms in total. The monoisotopic (exact) mass is 283 g/mol. The van der Waals surface area contributed by atoms with E-state index in [4.69, 9.17) is 9.47 Å². The number of rotatable bonds is 3. The number of carbonyl (C=O) groups is 1. The van der Waals surface area contributed by atoms with Crippen LogP contribution in [0.2, 0.25) is 0 Å².